The summed E-state index contributed by atoms with van der Waals surface area (Å²) in [7, 11) is 1.55. The summed E-state index contributed by atoms with van der Waals surface area (Å²) in [6.45, 7) is 3.55. The van der Waals surface area contributed by atoms with Crippen molar-refractivity contribution in [3.63, 3.8) is 0 Å². The lowest BCUT2D eigenvalue weighted by Gasteiger charge is -2.26. The number of nitrogen functional groups attached to an aromatic ring is 1. The van der Waals surface area contributed by atoms with Gasteiger partial charge in [0, 0.05) is 37.0 Å². The van der Waals surface area contributed by atoms with Gasteiger partial charge >= 0.3 is 0 Å². The van der Waals surface area contributed by atoms with E-state index in [1.54, 1.807) is 25.4 Å². The Labute approximate surface area is 213 Å². The van der Waals surface area contributed by atoms with Gasteiger partial charge in [-0.1, -0.05) is 18.2 Å². The lowest BCUT2D eigenvalue weighted by atomic mass is 10.0. The van der Waals surface area contributed by atoms with E-state index >= 15 is 4.39 Å². The number of amidine groups is 1. The van der Waals surface area contributed by atoms with Crippen molar-refractivity contribution in [3.8, 4) is 22.6 Å². The van der Waals surface area contributed by atoms with Gasteiger partial charge in [0.25, 0.3) is 0 Å². The lowest BCUT2D eigenvalue weighted by molar-refractivity contribution is 0.0320. The molecule has 2 aromatic carbocycles. The van der Waals surface area contributed by atoms with E-state index in [2.05, 4.69) is 15.0 Å². The van der Waals surface area contributed by atoms with Gasteiger partial charge in [-0.25, -0.2) is 15.2 Å². The van der Waals surface area contributed by atoms with Crippen LogP contribution >= 0.6 is 0 Å². The number of nitrogens with two attached hydrogens (primary N) is 3. The minimum Gasteiger partial charge on any atom is -0.496 e. The summed E-state index contributed by atoms with van der Waals surface area (Å²) in [4.78, 5) is 6.33. The Morgan fingerprint density at radius 1 is 1.14 bits per heavy atom. The number of morpholine rings is 1. The normalized spacial score (nSPS) is 14.4. The number of para-hydroxylation sites is 1. The number of ether oxygens (including phenoxy) is 3. The van der Waals surface area contributed by atoms with E-state index < -0.39 is 11.6 Å². The maximum atomic E-state index is 15.1. The van der Waals surface area contributed by atoms with Crippen LogP contribution in [0.4, 0.5) is 20.3 Å². The highest BCUT2D eigenvalue weighted by Gasteiger charge is 2.24. The molecule has 6 N–H and O–H groups in total. The highest BCUT2D eigenvalue weighted by atomic mass is 19.2. The van der Waals surface area contributed by atoms with Crippen LogP contribution in [0.3, 0.4) is 0 Å². The summed E-state index contributed by atoms with van der Waals surface area (Å²) < 4.78 is 46.1. The molecule has 1 aromatic heterocycles. The van der Waals surface area contributed by atoms with Gasteiger partial charge in [-0.15, -0.1) is 0 Å². The van der Waals surface area contributed by atoms with Gasteiger partial charge in [0.05, 0.1) is 31.6 Å². The molecule has 196 valence electrons. The van der Waals surface area contributed by atoms with E-state index in [0.717, 1.165) is 23.7 Å². The number of hydrogen-bond donors (Lipinski definition) is 3. The zero-order valence-corrected chi connectivity index (χ0v) is 20.4. The summed E-state index contributed by atoms with van der Waals surface area (Å²) in [6.07, 6.45) is 1.55. The van der Waals surface area contributed by atoms with Gasteiger partial charge in [0.15, 0.2) is 17.4 Å². The summed E-state index contributed by atoms with van der Waals surface area (Å²) in [5.74, 6) is 9.67. The number of nitrogens with zero attached hydrogens (tertiary/aromatic N) is 4. The molecule has 1 saturated heterocycles. The predicted octanol–water partition coefficient (Wildman–Crippen LogP) is 2.33. The van der Waals surface area contributed by atoms with Crippen molar-refractivity contribution in [1.29, 1.82) is 0 Å². The molecule has 0 bridgehead atoms. The van der Waals surface area contributed by atoms with Crippen LogP contribution in [0.25, 0.3) is 11.1 Å². The fraction of sp³-hybridized carbons (Fsp3) is 0.280. The fourth-order valence-corrected chi connectivity index (χ4v) is 3.99. The van der Waals surface area contributed by atoms with Crippen molar-refractivity contribution in [2.45, 2.75) is 0 Å². The second-order valence-electron chi connectivity index (χ2n) is 8.19. The van der Waals surface area contributed by atoms with Crippen molar-refractivity contribution in [1.82, 2.24) is 9.88 Å². The highest BCUT2D eigenvalue weighted by Crippen LogP contribution is 2.32. The maximum absolute atomic E-state index is 15.1. The van der Waals surface area contributed by atoms with Gasteiger partial charge in [-0.2, -0.15) is 9.49 Å². The predicted molar refractivity (Wildman–Crippen MR) is 137 cm³/mol. The van der Waals surface area contributed by atoms with Crippen molar-refractivity contribution in [3.05, 3.63) is 65.9 Å². The van der Waals surface area contributed by atoms with Crippen LogP contribution in [0.15, 0.2) is 53.8 Å². The maximum Gasteiger partial charge on any atom is 0.202 e. The molecule has 0 unspecified atom stereocenters. The molecule has 3 aromatic rings. The van der Waals surface area contributed by atoms with E-state index in [-0.39, 0.29) is 35.3 Å². The average Bonchev–Trinajstić information content (AvgIpc) is 2.93. The second kappa shape index (κ2) is 11.8. The van der Waals surface area contributed by atoms with Crippen LogP contribution in [0.5, 0.6) is 11.5 Å². The van der Waals surface area contributed by atoms with Crippen molar-refractivity contribution < 1.29 is 23.0 Å². The molecule has 10 nitrogen and oxygen atoms in total. The molecule has 0 radical (unpaired) electrons. The Kier molecular flexibility index (Phi) is 8.33. The van der Waals surface area contributed by atoms with Crippen LogP contribution in [-0.2, 0) is 4.74 Å². The topological polar surface area (TPSA) is 137 Å². The molecule has 2 heterocycles. The molecule has 0 amide bonds. The molecule has 1 fully saturated rings. The molecule has 0 aliphatic carbocycles. The lowest BCUT2D eigenvalue weighted by Crippen LogP contribution is -2.40. The number of pyridine rings is 1. The number of aromatic nitrogens is 1. The Hall–Kier alpha value is -4.00. The first-order valence-corrected chi connectivity index (χ1v) is 11.6. The smallest absolute Gasteiger partial charge is 0.202 e. The number of anilines is 2. The third kappa shape index (κ3) is 5.71. The Balaban J connectivity index is 1.56. The summed E-state index contributed by atoms with van der Waals surface area (Å²) >= 11 is 0. The molecule has 1 aliphatic heterocycles. The Morgan fingerprint density at radius 2 is 1.89 bits per heavy atom. The number of hydrazine groups is 1. The van der Waals surface area contributed by atoms with E-state index in [4.69, 9.17) is 31.6 Å². The monoisotopic (exact) mass is 513 g/mol. The molecular weight excluding hydrogens is 484 g/mol. The van der Waals surface area contributed by atoms with Crippen LogP contribution < -0.4 is 31.9 Å². The van der Waals surface area contributed by atoms with Crippen molar-refractivity contribution in [2.24, 2.45) is 16.8 Å². The zero-order valence-electron chi connectivity index (χ0n) is 20.4. The summed E-state index contributed by atoms with van der Waals surface area (Å²) in [5.41, 5.74) is 7.35. The van der Waals surface area contributed by atoms with Crippen LogP contribution in [-0.4, -0.2) is 62.3 Å². The zero-order chi connectivity index (χ0) is 26.4. The number of methoxy groups -OCH3 is 1. The van der Waals surface area contributed by atoms with E-state index in [0.29, 0.717) is 31.1 Å². The molecular formula is C25H29F2N7O3. The Bertz CT molecular complexity index is 1270. The SMILES string of the molecule is COc1ccccc1-c1cnc(N)c(/C(=N/N)N(N)c2ccc(OCCN3CCOCC3)c(F)c2F)c1. The third-order valence-corrected chi connectivity index (χ3v) is 5.98. The molecule has 0 spiro atoms. The fourth-order valence-electron chi connectivity index (χ4n) is 3.99. The van der Waals surface area contributed by atoms with Crippen molar-refractivity contribution >= 4 is 17.3 Å². The minimum absolute atomic E-state index is 0.0437. The van der Waals surface area contributed by atoms with Gasteiger partial charge in [-0.05, 0) is 24.3 Å². The molecule has 12 heteroatoms. The first-order valence-electron chi connectivity index (χ1n) is 11.6. The molecule has 0 atom stereocenters. The molecule has 4 rings (SSSR count). The first-order chi connectivity index (χ1) is 17.9. The summed E-state index contributed by atoms with van der Waals surface area (Å²) in [5, 5.41) is 4.51. The number of rotatable bonds is 8. The second-order valence-corrected chi connectivity index (χ2v) is 8.19. The number of benzene rings is 2. The van der Waals surface area contributed by atoms with Crippen LogP contribution in [0, 0.1) is 11.6 Å². The van der Waals surface area contributed by atoms with Gasteiger partial charge < -0.3 is 25.8 Å². The molecule has 37 heavy (non-hydrogen) atoms. The Morgan fingerprint density at radius 3 is 2.62 bits per heavy atom. The van der Waals surface area contributed by atoms with Crippen LogP contribution in [0.1, 0.15) is 5.56 Å². The standard InChI is InChI=1S/C25H29F2N7O3/c1-35-20-5-3-2-4-17(20)16-14-18(24(28)31-15-16)25(32-29)34(30)19-6-7-21(23(27)22(19)26)37-13-10-33-8-11-36-12-9-33/h2-7,14-15H,8-13,29-30H2,1H3,(H2,28,31)/b32-25-. The van der Waals surface area contributed by atoms with Crippen molar-refractivity contribution in [2.75, 3.05) is 57.3 Å². The molecule has 0 saturated carbocycles. The quantitative estimate of drug-likeness (QED) is 0.179. The van der Waals surface area contributed by atoms with Gasteiger partial charge in [0.1, 0.15) is 18.2 Å². The van der Waals surface area contributed by atoms with Gasteiger partial charge in [-0.3, -0.25) is 9.91 Å². The molecule has 1 aliphatic rings. The average molecular weight is 514 g/mol. The number of hydrogen-bond acceptors (Lipinski definition) is 9. The number of halogens is 2. The number of hydrazone groups is 1. The van der Waals surface area contributed by atoms with E-state index in [9.17, 15) is 4.39 Å². The van der Waals surface area contributed by atoms with Gasteiger partial charge in [0.2, 0.25) is 5.82 Å². The third-order valence-electron chi connectivity index (χ3n) is 5.98. The largest absolute Gasteiger partial charge is 0.496 e. The van der Waals surface area contributed by atoms with E-state index in [1.165, 1.54) is 12.1 Å². The van der Waals surface area contributed by atoms with E-state index in [1.807, 2.05) is 18.2 Å². The summed E-state index contributed by atoms with van der Waals surface area (Å²) in [6, 6.07) is 11.5. The first kappa shape index (κ1) is 26.1. The highest BCUT2D eigenvalue weighted by molar-refractivity contribution is 6.12. The minimum atomic E-state index is -1.22. The van der Waals surface area contributed by atoms with Crippen LogP contribution in [0.2, 0.25) is 0 Å².